The van der Waals surface area contributed by atoms with Gasteiger partial charge in [0.05, 0.1) is 0 Å². The Morgan fingerprint density at radius 2 is 1.88 bits per heavy atom. The normalized spacial score (nSPS) is 14.6. The maximum atomic E-state index is 5.48. The minimum Gasteiger partial charge on any atom is -0.307 e. The number of rotatable bonds is 3. The number of aromatic nitrogens is 2. The van der Waals surface area contributed by atoms with E-state index in [2.05, 4.69) is 33.6 Å². The standard InChI is InChI=1S/C13H14N4/c14-17-13-12(15-7-8-16-13)11-4-2-1-3-10(11)9-5-6-9/h1-4,7-9H,5-6,14H2,(H,16,17). The molecular weight excluding hydrogens is 212 g/mol. The van der Waals surface area contributed by atoms with E-state index < -0.39 is 0 Å². The van der Waals surface area contributed by atoms with Gasteiger partial charge in [0.2, 0.25) is 0 Å². The molecule has 0 radical (unpaired) electrons. The first-order valence-electron chi connectivity index (χ1n) is 5.77. The summed E-state index contributed by atoms with van der Waals surface area (Å²) in [4.78, 5) is 8.58. The van der Waals surface area contributed by atoms with E-state index in [1.54, 1.807) is 12.4 Å². The van der Waals surface area contributed by atoms with E-state index in [1.165, 1.54) is 18.4 Å². The lowest BCUT2D eigenvalue weighted by atomic mass is 10.0. The van der Waals surface area contributed by atoms with Crippen LogP contribution in [0.1, 0.15) is 24.3 Å². The molecule has 17 heavy (non-hydrogen) atoms. The zero-order valence-corrected chi connectivity index (χ0v) is 9.43. The predicted molar refractivity (Wildman–Crippen MR) is 67.3 cm³/mol. The fourth-order valence-electron chi connectivity index (χ4n) is 2.10. The Morgan fingerprint density at radius 3 is 2.65 bits per heavy atom. The van der Waals surface area contributed by atoms with E-state index in [4.69, 9.17) is 5.84 Å². The van der Waals surface area contributed by atoms with Gasteiger partial charge in [0.25, 0.3) is 0 Å². The molecule has 1 heterocycles. The summed E-state index contributed by atoms with van der Waals surface area (Å²) in [6.07, 6.45) is 5.86. The summed E-state index contributed by atoms with van der Waals surface area (Å²) < 4.78 is 0. The number of nitrogens with zero attached hydrogens (tertiary/aromatic N) is 2. The summed E-state index contributed by atoms with van der Waals surface area (Å²) in [5, 5.41) is 0. The molecule has 3 rings (SSSR count). The van der Waals surface area contributed by atoms with Crippen LogP contribution >= 0.6 is 0 Å². The van der Waals surface area contributed by atoms with Gasteiger partial charge in [-0.3, -0.25) is 4.98 Å². The molecule has 3 N–H and O–H groups in total. The topological polar surface area (TPSA) is 63.8 Å². The number of hydrogen-bond donors (Lipinski definition) is 2. The molecule has 0 saturated heterocycles. The lowest BCUT2D eigenvalue weighted by molar-refractivity contribution is 1.11. The van der Waals surface area contributed by atoms with Crippen molar-refractivity contribution in [3.8, 4) is 11.3 Å². The first-order valence-corrected chi connectivity index (χ1v) is 5.77. The van der Waals surface area contributed by atoms with Crippen LogP contribution in [0.4, 0.5) is 5.82 Å². The van der Waals surface area contributed by atoms with E-state index in [9.17, 15) is 0 Å². The first kappa shape index (κ1) is 10.2. The molecule has 2 aromatic rings. The third-order valence-corrected chi connectivity index (χ3v) is 3.07. The van der Waals surface area contributed by atoms with Crippen molar-refractivity contribution in [2.24, 2.45) is 5.84 Å². The largest absolute Gasteiger partial charge is 0.307 e. The molecule has 0 amide bonds. The monoisotopic (exact) mass is 226 g/mol. The quantitative estimate of drug-likeness (QED) is 0.622. The summed E-state index contributed by atoms with van der Waals surface area (Å²) >= 11 is 0. The van der Waals surface area contributed by atoms with Crippen molar-refractivity contribution in [3.05, 3.63) is 42.2 Å². The van der Waals surface area contributed by atoms with E-state index >= 15 is 0 Å². The highest BCUT2D eigenvalue weighted by atomic mass is 15.3. The van der Waals surface area contributed by atoms with Crippen molar-refractivity contribution in [2.45, 2.75) is 18.8 Å². The lowest BCUT2D eigenvalue weighted by Gasteiger charge is -2.10. The molecule has 0 unspecified atom stereocenters. The smallest absolute Gasteiger partial charge is 0.166 e. The minimum absolute atomic E-state index is 0.626. The number of hydrogen-bond acceptors (Lipinski definition) is 4. The third kappa shape index (κ3) is 1.87. The zero-order valence-electron chi connectivity index (χ0n) is 9.43. The molecule has 0 bridgehead atoms. The van der Waals surface area contributed by atoms with Crippen molar-refractivity contribution in [1.29, 1.82) is 0 Å². The number of benzene rings is 1. The summed E-state index contributed by atoms with van der Waals surface area (Å²) in [7, 11) is 0. The van der Waals surface area contributed by atoms with Gasteiger partial charge >= 0.3 is 0 Å². The van der Waals surface area contributed by atoms with Gasteiger partial charge in [-0.25, -0.2) is 10.8 Å². The van der Waals surface area contributed by atoms with Crippen LogP contribution in [-0.4, -0.2) is 9.97 Å². The van der Waals surface area contributed by atoms with Gasteiger partial charge < -0.3 is 5.43 Å². The number of nitrogens with two attached hydrogens (primary N) is 1. The summed E-state index contributed by atoms with van der Waals surface area (Å²) in [5.41, 5.74) is 5.92. The lowest BCUT2D eigenvalue weighted by Crippen LogP contribution is -2.10. The average Bonchev–Trinajstić information content (AvgIpc) is 3.23. The summed E-state index contributed by atoms with van der Waals surface area (Å²) in [6.45, 7) is 0. The van der Waals surface area contributed by atoms with E-state index in [0.29, 0.717) is 11.7 Å². The van der Waals surface area contributed by atoms with Crippen LogP contribution in [0.25, 0.3) is 11.3 Å². The molecule has 1 fully saturated rings. The maximum absolute atomic E-state index is 5.48. The van der Waals surface area contributed by atoms with Gasteiger partial charge in [0.15, 0.2) is 5.82 Å². The average molecular weight is 226 g/mol. The van der Waals surface area contributed by atoms with Crippen molar-refractivity contribution in [1.82, 2.24) is 9.97 Å². The molecule has 4 nitrogen and oxygen atoms in total. The molecular formula is C13H14N4. The van der Waals surface area contributed by atoms with Crippen molar-refractivity contribution in [3.63, 3.8) is 0 Å². The Labute approximate surface area is 99.9 Å². The van der Waals surface area contributed by atoms with Crippen LogP contribution in [0.15, 0.2) is 36.7 Å². The number of anilines is 1. The Morgan fingerprint density at radius 1 is 1.12 bits per heavy atom. The molecule has 1 aliphatic carbocycles. The van der Waals surface area contributed by atoms with Gasteiger partial charge in [-0.2, -0.15) is 0 Å². The number of hydrazine groups is 1. The highest BCUT2D eigenvalue weighted by Gasteiger charge is 2.27. The molecule has 1 saturated carbocycles. The molecule has 1 aliphatic rings. The molecule has 0 spiro atoms. The van der Waals surface area contributed by atoms with Gasteiger partial charge in [-0.15, -0.1) is 0 Å². The molecule has 86 valence electrons. The second-order valence-electron chi connectivity index (χ2n) is 4.26. The minimum atomic E-state index is 0.626. The predicted octanol–water partition coefficient (Wildman–Crippen LogP) is 2.31. The Balaban J connectivity index is 2.14. The Bertz CT molecular complexity index is 534. The second kappa shape index (κ2) is 4.14. The molecule has 4 heteroatoms. The Kier molecular flexibility index (Phi) is 2.49. The Hall–Kier alpha value is -1.94. The van der Waals surface area contributed by atoms with Crippen LogP contribution in [0.3, 0.4) is 0 Å². The summed E-state index contributed by atoms with van der Waals surface area (Å²) in [5.74, 6) is 6.78. The fourth-order valence-corrected chi connectivity index (χ4v) is 2.10. The highest BCUT2D eigenvalue weighted by Crippen LogP contribution is 2.44. The van der Waals surface area contributed by atoms with Crippen LogP contribution in [0.2, 0.25) is 0 Å². The maximum Gasteiger partial charge on any atom is 0.166 e. The zero-order chi connectivity index (χ0) is 11.7. The van der Waals surface area contributed by atoms with Gasteiger partial charge in [-0.1, -0.05) is 24.3 Å². The summed E-state index contributed by atoms with van der Waals surface area (Å²) in [6, 6.07) is 8.35. The van der Waals surface area contributed by atoms with E-state index in [1.807, 2.05) is 6.07 Å². The van der Waals surface area contributed by atoms with Crippen LogP contribution in [0.5, 0.6) is 0 Å². The van der Waals surface area contributed by atoms with Gasteiger partial charge in [-0.05, 0) is 24.3 Å². The number of nitrogen functional groups attached to an aromatic ring is 1. The number of nitrogens with one attached hydrogen (secondary N) is 1. The second-order valence-corrected chi connectivity index (χ2v) is 4.26. The SMILES string of the molecule is NNc1nccnc1-c1ccccc1C1CC1. The van der Waals surface area contributed by atoms with Crippen LogP contribution < -0.4 is 11.3 Å². The molecule has 1 aromatic carbocycles. The van der Waals surface area contributed by atoms with Crippen molar-refractivity contribution >= 4 is 5.82 Å². The fraction of sp³-hybridized carbons (Fsp3) is 0.231. The van der Waals surface area contributed by atoms with Crippen LogP contribution in [0, 0.1) is 0 Å². The van der Waals surface area contributed by atoms with E-state index in [-0.39, 0.29) is 0 Å². The molecule has 0 atom stereocenters. The van der Waals surface area contributed by atoms with Crippen LogP contribution in [-0.2, 0) is 0 Å². The van der Waals surface area contributed by atoms with Crippen molar-refractivity contribution in [2.75, 3.05) is 5.43 Å². The van der Waals surface area contributed by atoms with Gasteiger partial charge in [0, 0.05) is 18.0 Å². The first-order chi connectivity index (χ1) is 8.40. The molecule has 1 aromatic heterocycles. The van der Waals surface area contributed by atoms with E-state index in [0.717, 1.165) is 11.3 Å². The third-order valence-electron chi connectivity index (χ3n) is 3.07. The van der Waals surface area contributed by atoms with Crippen molar-refractivity contribution < 1.29 is 0 Å². The van der Waals surface area contributed by atoms with Gasteiger partial charge in [0.1, 0.15) is 5.69 Å². The molecule has 0 aliphatic heterocycles. The highest BCUT2D eigenvalue weighted by molar-refractivity contribution is 5.74.